The predicted molar refractivity (Wildman–Crippen MR) is 102 cm³/mol. The molecule has 1 N–H and O–H groups in total. The highest BCUT2D eigenvalue weighted by molar-refractivity contribution is 9.10. The number of carbonyl (C=O) groups is 1. The van der Waals surface area contributed by atoms with Crippen molar-refractivity contribution in [1.29, 1.82) is 0 Å². The summed E-state index contributed by atoms with van der Waals surface area (Å²) in [6, 6.07) is 13.7. The Kier molecular flexibility index (Phi) is 6.99. The second-order valence-corrected chi connectivity index (χ2v) is 7.19. The highest BCUT2D eigenvalue weighted by Gasteiger charge is 2.07. The zero-order chi connectivity index (χ0) is 16.7. The molecule has 0 saturated heterocycles. The van der Waals surface area contributed by atoms with Crippen molar-refractivity contribution < 1.29 is 9.53 Å². The lowest BCUT2D eigenvalue weighted by Gasteiger charge is -2.11. The van der Waals surface area contributed by atoms with Gasteiger partial charge in [-0.2, -0.15) is 0 Å². The molecule has 2 aromatic rings. The lowest BCUT2D eigenvalue weighted by molar-refractivity contribution is -0.113. The van der Waals surface area contributed by atoms with Crippen LogP contribution in [0.2, 0.25) is 0 Å². The third-order valence-electron chi connectivity index (χ3n) is 3.27. The molecule has 0 aliphatic rings. The van der Waals surface area contributed by atoms with E-state index in [9.17, 15) is 4.79 Å². The van der Waals surface area contributed by atoms with Crippen molar-refractivity contribution in [3.05, 3.63) is 58.1 Å². The number of aryl methyl sites for hydroxylation is 2. The standard InChI is InChI=1S/C18H20BrNO2S/c1-13-5-3-6-14(2)18(13)20-17(21)12-23-10-9-22-16-8-4-7-15(19)11-16/h3-8,11H,9-10,12H2,1-2H3,(H,20,21). The van der Waals surface area contributed by atoms with Gasteiger partial charge in [0.1, 0.15) is 5.75 Å². The molecule has 0 spiro atoms. The molecule has 1 amide bonds. The number of amides is 1. The van der Waals surface area contributed by atoms with Crippen LogP contribution in [0.25, 0.3) is 0 Å². The normalized spacial score (nSPS) is 10.4. The second kappa shape index (κ2) is 8.99. The average Bonchev–Trinajstić information content (AvgIpc) is 2.51. The minimum Gasteiger partial charge on any atom is -0.493 e. The van der Waals surface area contributed by atoms with E-state index in [0.717, 1.165) is 32.8 Å². The van der Waals surface area contributed by atoms with Gasteiger partial charge in [-0.25, -0.2) is 0 Å². The maximum absolute atomic E-state index is 12.0. The Morgan fingerprint density at radius 1 is 1.17 bits per heavy atom. The Labute approximate surface area is 149 Å². The van der Waals surface area contributed by atoms with Gasteiger partial charge in [0.05, 0.1) is 12.4 Å². The molecule has 122 valence electrons. The van der Waals surface area contributed by atoms with Crippen molar-refractivity contribution in [3.63, 3.8) is 0 Å². The van der Waals surface area contributed by atoms with E-state index < -0.39 is 0 Å². The molecule has 0 bridgehead atoms. The van der Waals surface area contributed by atoms with Gasteiger partial charge in [-0.15, -0.1) is 11.8 Å². The first-order valence-electron chi connectivity index (χ1n) is 7.38. The summed E-state index contributed by atoms with van der Waals surface area (Å²) in [7, 11) is 0. The summed E-state index contributed by atoms with van der Waals surface area (Å²) in [4.78, 5) is 12.0. The molecule has 23 heavy (non-hydrogen) atoms. The van der Waals surface area contributed by atoms with Crippen LogP contribution < -0.4 is 10.1 Å². The lowest BCUT2D eigenvalue weighted by Crippen LogP contribution is -2.16. The van der Waals surface area contributed by atoms with Gasteiger partial charge in [-0.05, 0) is 43.2 Å². The van der Waals surface area contributed by atoms with E-state index in [1.165, 1.54) is 0 Å². The quantitative estimate of drug-likeness (QED) is 0.685. The molecule has 0 unspecified atom stereocenters. The summed E-state index contributed by atoms with van der Waals surface area (Å²) < 4.78 is 6.64. The molecule has 0 fully saturated rings. The number of benzene rings is 2. The van der Waals surface area contributed by atoms with Gasteiger partial charge in [-0.1, -0.05) is 40.2 Å². The van der Waals surface area contributed by atoms with Gasteiger partial charge in [0.15, 0.2) is 0 Å². The van der Waals surface area contributed by atoms with Crippen molar-refractivity contribution in [2.45, 2.75) is 13.8 Å². The molecule has 0 aliphatic heterocycles. The Morgan fingerprint density at radius 2 is 1.87 bits per heavy atom. The number of hydrogen-bond donors (Lipinski definition) is 1. The van der Waals surface area contributed by atoms with Gasteiger partial charge in [0, 0.05) is 15.9 Å². The van der Waals surface area contributed by atoms with E-state index in [2.05, 4.69) is 21.2 Å². The molecule has 5 heteroatoms. The van der Waals surface area contributed by atoms with Crippen molar-refractivity contribution in [2.24, 2.45) is 0 Å². The molecule has 0 aromatic heterocycles. The van der Waals surface area contributed by atoms with E-state index >= 15 is 0 Å². The van der Waals surface area contributed by atoms with Crippen LogP contribution in [0.15, 0.2) is 46.9 Å². The minimum absolute atomic E-state index is 0.0230. The van der Waals surface area contributed by atoms with E-state index in [-0.39, 0.29) is 5.91 Å². The molecular weight excluding hydrogens is 374 g/mol. The van der Waals surface area contributed by atoms with Crippen LogP contribution in [-0.2, 0) is 4.79 Å². The van der Waals surface area contributed by atoms with Crippen LogP contribution in [0.5, 0.6) is 5.75 Å². The number of ether oxygens (including phenoxy) is 1. The summed E-state index contributed by atoms with van der Waals surface area (Å²) in [5, 5.41) is 2.99. The molecule has 0 saturated carbocycles. The monoisotopic (exact) mass is 393 g/mol. The van der Waals surface area contributed by atoms with Crippen LogP contribution in [-0.4, -0.2) is 24.0 Å². The fourth-order valence-corrected chi connectivity index (χ4v) is 3.11. The summed E-state index contributed by atoms with van der Waals surface area (Å²) in [5.41, 5.74) is 3.09. The fourth-order valence-electron chi connectivity index (χ4n) is 2.13. The number of rotatable bonds is 7. The number of carbonyl (C=O) groups excluding carboxylic acids is 1. The topological polar surface area (TPSA) is 38.3 Å². The van der Waals surface area contributed by atoms with Crippen LogP contribution in [0.1, 0.15) is 11.1 Å². The highest BCUT2D eigenvalue weighted by atomic mass is 79.9. The van der Waals surface area contributed by atoms with Gasteiger partial charge in [0.25, 0.3) is 0 Å². The molecule has 2 aromatic carbocycles. The Balaban J connectivity index is 1.69. The van der Waals surface area contributed by atoms with Gasteiger partial charge in [-0.3, -0.25) is 4.79 Å². The van der Waals surface area contributed by atoms with Crippen LogP contribution >= 0.6 is 27.7 Å². The average molecular weight is 394 g/mol. The Morgan fingerprint density at radius 3 is 2.57 bits per heavy atom. The third kappa shape index (κ3) is 5.92. The first-order chi connectivity index (χ1) is 11.1. The van der Waals surface area contributed by atoms with Gasteiger partial charge >= 0.3 is 0 Å². The first-order valence-corrected chi connectivity index (χ1v) is 9.33. The van der Waals surface area contributed by atoms with Crippen LogP contribution in [0, 0.1) is 13.8 Å². The predicted octanol–water partition coefficient (Wildman–Crippen LogP) is 4.82. The number of halogens is 1. The summed E-state index contributed by atoms with van der Waals surface area (Å²) in [6.07, 6.45) is 0. The summed E-state index contributed by atoms with van der Waals surface area (Å²) in [5.74, 6) is 2.05. The van der Waals surface area contributed by atoms with E-state index in [0.29, 0.717) is 12.4 Å². The zero-order valence-electron chi connectivity index (χ0n) is 13.3. The third-order valence-corrected chi connectivity index (χ3v) is 4.69. The molecule has 2 rings (SSSR count). The van der Waals surface area contributed by atoms with Crippen molar-refractivity contribution in [2.75, 3.05) is 23.4 Å². The molecule has 0 atom stereocenters. The first kappa shape index (κ1) is 17.9. The molecule has 3 nitrogen and oxygen atoms in total. The van der Waals surface area contributed by atoms with E-state index in [1.54, 1.807) is 11.8 Å². The number of hydrogen-bond acceptors (Lipinski definition) is 3. The van der Waals surface area contributed by atoms with Crippen molar-refractivity contribution in [1.82, 2.24) is 0 Å². The van der Waals surface area contributed by atoms with Crippen LogP contribution in [0.3, 0.4) is 0 Å². The SMILES string of the molecule is Cc1cccc(C)c1NC(=O)CSCCOc1cccc(Br)c1. The maximum Gasteiger partial charge on any atom is 0.234 e. The van der Waals surface area contributed by atoms with E-state index in [1.807, 2.05) is 56.3 Å². The summed E-state index contributed by atoms with van der Waals surface area (Å²) in [6.45, 7) is 4.58. The minimum atomic E-state index is 0.0230. The molecule has 0 aliphatic carbocycles. The van der Waals surface area contributed by atoms with Gasteiger partial charge in [0.2, 0.25) is 5.91 Å². The second-order valence-electron chi connectivity index (χ2n) is 5.17. The lowest BCUT2D eigenvalue weighted by atomic mass is 10.1. The number of para-hydroxylation sites is 1. The van der Waals surface area contributed by atoms with Crippen molar-refractivity contribution >= 4 is 39.3 Å². The Bertz CT molecular complexity index is 656. The smallest absolute Gasteiger partial charge is 0.234 e. The summed E-state index contributed by atoms with van der Waals surface area (Å²) >= 11 is 4.98. The van der Waals surface area contributed by atoms with Crippen molar-refractivity contribution in [3.8, 4) is 5.75 Å². The molecular formula is C18H20BrNO2S. The zero-order valence-corrected chi connectivity index (χ0v) is 15.7. The number of thioether (sulfide) groups is 1. The van der Waals surface area contributed by atoms with E-state index in [4.69, 9.17) is 4.74 Å². The number of nitrogens with one attached hydrogen (secondary N) is 1. The molecule has 0 heterocycles. The highest BCUT2D eigenvalue weighted by Crippen LogP contribution is 2.20. The fraction of sp³-hybridized carbons (Fsp3) is 0.278. The molecule has 0 radical (unpaired) electrons. The van der Waals surface area contributed by atoms with Gasteiger partial charge < -0.3 is 10.1 Å². The van der Waals surface area contributed by atoms with Crippen LogP contribution in [0.4, 0.5) is 5.69 Å². The largest absolute Gasteiger partial charge is 0.493 e. The maximum atomic E-state index is 12.0. The number of anilines is 1. The Hall–Kier alpha value is -1.46.